The van der Waals surface area contributed by atoms with Gasteiger partial charge < -0.3 is 14.5 Å². The fourth-order valence-electron chi connectivity index (χ4n) is 2.87. The second-order valence-electron chi connectivity index (χ2n) is 6.07. The van der Waals surface area contributed by atoms with Gasteiger partial charge >= 0.3 is 0 Å². The number of hydrogen-bond donors (Lipinski definition) is 1. The van der Waals surface area contributed by atoms with Gasteiger partial charge in [0.25, 0.3) is 5.91 Å². The fraction of sp³-hybridized carbons (Fsp3) is 0.0476. The van der Waals surface area contributed by atoms with Gasteiger partial charge in [0.15, 0.2) is 0 Å². The third-order valence-electron chi connectivity index (χ3n) is 4.27. The molecule has 0 aliphatic rings. The molecule has 0 aliphatic heterocycles. The van der Waals surface area contributed by atoms with E-state index in [1.54, 1.807) is 30.7 Å². The van der Waals surface area contributed by atoms with E-state index in [-0.39, 0.29) is 11.7 Å². The largest absolute Gasteiger partial charge is 0.348 e. The second-order valence-corrected chi connectivity index (χ2v) is 6.07. The lowest BCUT2D eigenvalue weighted by Gasteiger charge is -2.14. The third kappa shape index (κ3) is 3.64. The molecule has 0 aliphatic carbocycles. The summed E-state index contributed by atoms with van der Waals surface area (Å²) in [4.78, 5) is 16.7. The summed E-state index contributed by atoms with van der Waals surface area (Å²) in [6, 6.07) is 15.4. The number of nitrogens with one attached hydrogen (secondary N) is 1. The molecule has 0 saturated heterocycles. The first-order chi connectivity index (χ1) is 13.2. The molecule has 5 nitrogen and oxygen atoms in total. The van der Waals surface area contributed by atoms with Crippen LogP contribution in [0.3, 0.4) is 0 Å². The quantitative estimate of drug-likeness (QED) is 0.590. The Bertz CT molecular complexity index is 1040. The standard InChI is InChI=1S/C21H17FN4O/c22-18-6-3-16(4-7-18)14-24-21(27)17-5-8-19(26-12-9-23-15-26)20(13-17)25-10-1-2-11-25/h1-13,15H,14H2,(H,24,27). The molecule has 0 unspecified atom stereocenters. The van der Waals surface area contributed by atoms with E-state index >= 15 is 0 Å². The van der Waals surface area contributed by atoms with Crippen LogP contribution in [0.15, 0.2) is 85.7 Å². The van der Waals surface area contributed by atoms with Gasteiger partial charge in [0, 0.05) is 36.9 Å². The molecular formula is C21H17FN4O. The highest BCUT2D eigenvalue weighted by Crippen LogP contribution is 2.21. The zero-order valence-electron chi connectivity index (χ0n) is 14.4. The lowest BCUT2D eigenvalue weighted by atomic mass is 10.1. The van der Waals surface area contributed by atoms with Crippen LogP contribution in [0.5, 0.6) is 0 Å². The summed E-state index contributed by atoms with van der Waals surface area (Å²) in [5.41, 5.74) is 3.17. The van der Waals surface area contributed by atoms with Crippen molar-refractivity contribution in [1.29, 1.82) is 0 Å². The Labute approximate surface area is 155 Å². The maximum absolute atomic E-state index is 13.0. The summed E-state index contributed by atoms with van der Waals surface area (Å²) in [6.07, 6.45) is 9.14. The van der Waals surface area contributed by atoms with Gasteiger partial charge in [-0.15, -0.1) is 0 Å². The number of amides is 1. The van der Waals surface area contributed by atoms with Gasteiger partial charge in [-0.1, -0.05) is 12.1 Å². The van der Waals surface area contributed by atoms with Crippen molar-refractivity contribution in [2.75, 3.05) is 0 Å². The van der Waals surface area contributed by atoms with Gasteiger partial charge in [-0.25, -0.2) is 9.37 Å². The molecule has 2 aromatic carbocycles. The van der Waals surface area contributed by atoms with Crippen LogP contribution >= 0.6 is 0 Å². The second kappa shape index (κ2) is 7.29. The van der Waals surface area contributed by atoms with Crippen LogP contribution in [-0.2, 0) is 6.54 Å². The minimum absolute atomic E-state index is 0.190. The molecule has 2 aromatic heterocycles. The molecule has 2 heterocycles. The van der Waals surface area contributed by atoms with Crippen molar-refractivity contribution in [2.24, 2.45) is 0 Å². The highest BCUT2D eigenvalue weighted by atomic mass is 19.1. The molecular weight excluding hydrogens is 343 g/mol. The van der Waals surface area contributed by atoms with Crippen molar-refractivity contribution >= 4 is 5.91 Å². The van der Waals surface area contributed by atoms with E-state index in [1.165, 1.54) is 12.1 Å². The zero-order valence-corrected chi connectivity index (χ0v) is 14.4. The summed E-state index contributed by atoms with van der Waals surface area (Å²) in [6.45, 7) is 0.335. The number of nitrogens with zero attached hydrogens (tertiary/aromatic N) is 3. The molecule has 134 valence electrons. The van der Waals surface area contributed by atoms with Crippen molar-refractivity contribution in [3.63, 3.8) is 0 Å². The first kappa shape index (κ1) is 16.8. The third-order valence-corrected chi connectivity index (χ3v) is 4.27. The molecule has 1 amide bonds. The molecule has 1 N–H and O–H groups in total. The smallest absolute Gasteiger partial charge is 0.251 e. The summed E-state index contributed by atoms with van der Waals surface area (Å²) in [5.74, 6) is -0.485. The number of carbonyl (C=O) groups excluding carboxylic acids is 1. The number of aromatic nitrogens is 3. The number of imidazole rings is 1. The molecule has 0 atom stereocenters. The van der Waals surface area contributed by atoms with Crippen molar-refractivity contribution in [3.05, 3.63) is 103 Å². The SMILES string of the molecule is O=C(NCc1ccc(F)cc1)c1ccc(-n2ccnc2)c(-n2cccc2)c1. The van der Waals surface area contributed by atoms with Crippen LogP contribution in [0.1, 0.15) is 15.9 Å². The van der Waals surface area contributed by atoms with E-state index in [9.17, 15) is 9.18 Å². The molecule has 0 bridgehead atoms. The maximum Gasteiger partial charge on any atom is 0.251 e. The summed E-state index contributed by atoms with van der Waals surface area (Å²) >= 11 is 0. The van der Waals surface area contributed by atoms with Crippen LogP contribution in [0.2, 0.25) is 0 Å². The number of carbonyl (C=O) groups is 1. The highest BCUT2D eigenvalue weighted by molar-refractivity contribution is 5.95. The average molecular weight is 360 g/mol. The molecule has 0 radical (unpaired) electrons. The molecule has 6 heteroatoms. The molecule has 27 heavy (non-hydrogen) atoms. The van der Waals surface area contributed by atoms with Crippen molar-refractivity contribution in [2.45, 2.75) is 6.54 Å². The Kier molecular flexibility index (Phi) is 4.53. The first-order valence-corrected chi connectivity index (χ1v) is 8.49. The van der Waals surface area contributed by atoms with Crippen molar-refractivity contribution < 1.29 is 9.18 Å². The molecule has 4 aromatic rings. The van der Waals surface area contributed by atoms with Gasteiger partial charge in [-0.2, -0.15) is 0 Å². The summed E-state index contributed by atoms with van der Waals surface area (Å²) in [7, 11) is 0. The van der Waals surface area contributed by atoms with E-state index in [1.807, 2.05) is 52.0 Å². The van der Waals surface area contributed by atoms with Crippen molar-refractivity contribution in [3.8, 4) is 11.4 Å². The molecule has 0 fully saturated rings. The van der Waals surface area contributed by atoms with Crippen LogP contribution in [0, 0.1) is 5.82 Å². The molecule has 4 rings (SSSR count). The Morgan fingerprint density at radius 3 is 2.44 bits per heavy atom. The number of hydrogen-bond acceptors (Lipinski definition) is 2. The van der Waals surface area contributed by atoms with Crippen molar-refractivity contribution in [1.82, 2.24) is 19.4 Å². The normalized spacial score (nSPS) is 10.7. The first-order valence-electron chi connectivity index (χ1n) is 8.49. The molecule has 0 saturated carbocycles. The lowest BCUT2D eigenvalue weighted by molar-refractivity contribution is 0.0951. The number of benzene rings is 2. The number of halogens is 1. The monoisotopic (exact) mass is 360 g/mol. The highest BCUT2D eigenvalue weighted by Gasteiger charge is 2.12. The van der Waals surface area contributed by atoms with Gasteiger partial charge in [-0.05, 0) is 48.0 Å². The average Bonchev–Trinajstić information content (AvgIpc) is 3.40. The van der Waals surface area contributed by atoms with E-state index in [0.29, 0.717) is 12.1 Å². The van der Waals surface area contributed by atoms with E-state index in [2.05, 4.69) is 10.3 Å². The van der Waals surface area contributed by atoms with Crippen LogP contribution in [-0.4, -0.2) is 20.0 Å². The topological polar surface area (TPSA) is 51.9 Å². The Morgan fingerprint density at radius 2 is 1.74 bits per heavy atom. The Morgan fingerprint density at radius 1 is 0.963 bits per heavy atom. The predicted octanol–water partition coefficient (Wildman–Crippen LogP) is 3.73. The summed E-state index contributed by atoms with van der Waals surface area (Å²) in [5, 5.41) is 2.87. The van der Waals surface area contributed by atoms with E-state index in [4.69, 9.17) is 0 Å². The van der Waals surface area contributed by atoms with Gasteiger partial charge in [0.1, 0.15) is 5.82 Å². The van der Waals surface area contributed by atoms with Gasteiger partial charge in [0.2, 0.25) is 0 Å². The van der Waals surface area contributed by atoms with E-state index < -0.39 is 0 Å². The molecule has 0 spiro atoms. The lowest BCUT2D eigenvalue weighted by Crippen LogP contribution is -2.23. The Hall–Kier alpha value is -3.67. The summed E-state index contributed by atoms with van der Waals surface area (Å²) < 4.78 is 16.8. The van der Waals surface area contributed by atoms with Crippen LogP contribution < -0.4 is 5.32 Å². The fourth-order valence-corrected chi connectivity index (χ4v) is 2.87. The van der Waals surface area contributed by atoms with Crippen LogP contribution in [0.4, 0.5) is 4.39 Å². The minimum atomic E-state index is -0.295. The zero-order chi connectivity index (χ0) is 18.6. The van der Waals surface area contributed by atoms with Gasteiger partial charge in [0.05, 0.1) is 17.7 Å². The Balaban J connectivity index is 1.60. The van der Waals surface area contributed by atoms with E-state index in [0.717, 1.165) is 16.9 Å². The maximum atomic E-state index is 13.0. The van der Waals surface area contributed by atoms with Crippen LogP contribution in [0.25, 0.3) is 11.4 Å². The minimum Gasteiger partial charge on any atom is -0.348 e. The van der Waals surface area contributed by atoms with Gasteiger partial charge in [-0.3, -0.25) is 4.79 Å². The number of rotatable bonds is 5. The predicted molar refractivity (Wildman–Crippen MR) is 100 cm³/mol.